The maximum Gasteiger partial charge on any atom is 0.173 e. The highest BCUT2D eigenvalue weighted by molar-refractivity contribution is 5.99. The third-order valence-corrected chi connectivity index (χ3v) is 2.67. The summed E-state index contributed by atoms with van der Waals surface area (Å²) < 4.78 is 24.3. The predicted molar refractivity (Wildman–Crippen MR) is 76.6 cm³/mol. The summed E-state index contributed by atoms with van der Waals surface area (Å²) in [7, 11) is 0. The standard InChI is InChI=1S/C15H15FN2O3/c1-2-20-11-4-3-5-12(9-11)21-14-7-6-10(16)8-13(14)15(17)18-19/h3-9,19H,2H2,1H3,(H2,17,18). The molecule has 2 rings (SSSR count). The van der Waals surface area contributed by atoms with E-state index in [1.54, 1.807) is 24.3 Å². The van der Waals surface area contributed by atoms with Crippen LogP contribution in [0, 0.1) is 5.82 Å². The molecule has 0 saturated heterocycles. The molecular weight excluding hydrogens is 275 g/mol. The average molecular weight is 290 g/mol. The average Bonchev–Trinajstić information content (AvgIpc) is 2.49. The molecule has 0 atom stereocenters. The van der Waals surface area contributed by atoms with Crippen LogP contribution in [0.1, 0.15) is 12.5 Å². The lowest BCUT2D eigenvalue weighted by atomic mass is 10.2. The van der Waals surface area contributed by atoms with E-state index in [1.807, 2.05) is 6.92 Å². The van der Waals surface area contributed by atoms with E-state index in [4.69, 9.17) is 20.4 Å². The number of hydrogen-bond donors (Lipinski definition) is 2. The first kappa shape index (κ1) is 14.6. The third-order valence-electron chi connectivity index (χ3n) is 2.67. The molecule has 110 valence electrons. The Bertz CT molecular complexity index is 659. The number of nitrogens with two attached hydrogens (primary N) is 1. The molecule has 0 radical (unpaired) electrons. The van der Waals surface area contributed by atoms with E-state index >= 15 is 0 Å². The molecule has 0 amide bonds. The van der Waals surface area contributed by atoms with Crippen LogP contribution in [-0.4, -0.2) is 17.6 Å². The Hall–Kier alpha value is -2.76. The molecule has 0 saturated carbocycles. The SMILES string of the molecule is CCOc1cccc(Oc2ccc(F)cc2C(N)=NO)c1. The lowest BCUT2D eigenvalue weighted by Crippen LogP contribution is -2.14. The van der Waals surface area contributed by atoms with E-state index in [9.17, 15) is 4.39 Å². The number of halogens is 1. The zero-order valence-electron chi connectivity index (χ0n) is 11.4. The van der Waals surface area contributed by atoms with Crippen molar-refractivity contribution in [3.05, 3.63) is 53.8 Å². The Balaban J connectivity index is 2.33. The van der Waals surface area contributed by atoms with Crippen molar-refractivity contribution in [3.8, 4) is 17.2 Å². The summed E-state index contributed by atoms with van der Waals surface area (Å²) in [5.41, 5.74) is 5.69. The highest BCUT2D eigenvalue weighted by Crippen LogP contribution is 2.28. The van der Waals surface area contributed by atoms with Gasteiger partial charge in [-0.25, -0.2) is 4.39 Å². The number of nitrogens with zero attached hydrogens (tertiary/aromatic N) is 1. The summed E-state index contributed by atoms with van der Waals surface area (Å²) >= 11 is 0. The van der Waals surface area contributed by atoms with Gasteiger partial charge in [-0.1, -0.05) is 11.2 Å². The number of hydrogen-bond acceptors (Lipinski definition) is 4. The molecule has 3 N–H and O–H groups in total. The van der Waals surface area contributed by atoms with Gasteiger partial charge in [0.05, 0.1) is 12.2 Å². The second kappa shape index (κ2) is 6.60. The van der Waals surface area contributed by atoms with Gasteiger partial charge in [0.2, 0.25) is 0 Å². The molecule has 21 heavy (non-hydrogen) atoms. The molecule has 0 aliphatic heterocycles. The molecule has 0 unspecified atom stereocenters. The summed E-state index contributed by atoms with van der Waals surface area (Å²) in [6.45, 7) is 2.42. The number of ether oxygens (including phenoxy) is 2. The first-order chi connectivity index (χ1) is 10.1. The van der Waals surface area contributed by atoms with Crippen LogP contribution < -0.4 is 15.2 Å². The minimum atomic E-state index is -0.507. The number of rotatable bonds is 5. The van der Waals surface area contributed by atoms with Gasteiger partial charge in [0.25, 0.3) is 0 Å². The molecule has 5 nitrogen and oxygen atoms in total. The van der Waals surface area contributed by atoms with Crippen molar-refractivity contribution in [1.82, 2.24) is 0 Å². The number of benzene rings is 2. The Labute approximate surface area is 121 Å². The van der Waals surface area contributed by atoms with Crippen LogP contribution in [0.4, 0.5) is 4.39 Å². The smallest absolute Gasteiger partial charge is 0.173 e. The summed E-state index contributed by atoms with van der Waals surface area (Å²) in [6, 6.07) is 10.8. The topological polar surface area (TPSA) is 77.1 Å². The molecule has 6 heteroatoms. The van der Waals surface area contributed by atoms with Crippen LogP contribution in [0.2, 0.25) is 0 Å². The van der Waals surface area contributed by atoms with Crippen LogP contribution in [0.3, 0.4) is 0 Å². The van der Waals surface area contributed by atoms with E-state index in [2.05, 4.69) is 5.16 Å². The van der Waals surface area contributed by atoms with Crippen LogP contribution >= 0.6 is 0 Å². The number of oxime groups is 1. The van der Waals surface area contributed by atoms with Gasteiger partial charge in [0.15, 0.2) is 5.84 Å². The van der Waals surface area contributed by atoms with Crippen molar-refractivity contribution < 1.29 is 19.1 Å². The van der Waals surface area contributed by atoms with E-state index in [-0.39, 0.29) is 17.1 Å². The molecule has 2 aromatic rings. The van der Waals surface area contributed by atoms with Gasteiger partial charge in [-0.2, -0.15) is 0 Å². The van der Waals surface area contributed by atoms with Crippen LogP contribution in [0.25, 0.3) is 0 Å². The molecule has 0 spiro atoms. The van der Waals surface area contributed by atoms with Gasteiger partial charge in [0.1, 0.15) is 23.1 Å². The minimum absolute atomic E-state index is 0.166. The van der Waals surface area contributed by atoms with Crippen molar-refractivity contribution >= 4 is 5.84 Å². The largest absolute Gasteiger partial charge is 0.494 e. The summed E-state index contributed by atoms with van der Waals surface area (Å²) in [4.78, 5) is 0. The van der Waals surface area contributed by atoms with Crippen molar-refractivity contribution in [2.24, 2.45) is 10.9 Å². The second-order valence-corrected chi connectivity index (χ2v) is 4.14. The van der Waals surface area contributed by atoms with Crippen molar-refractivity contribution in [2.75, 3.05) is 6.61 Å². The summed E-state index contributed by atoms with van der Waals surface area (Å²) in [6.07, 6.45) is 0. The van der Waals surface area contributed by atoms with Crippen molar-refractivity contribution in [3.63, 3.8) is 0 Å². The second-order valence-electron chi connectivity index (χ2n) is 4.14. The molecule has 0 aromatic heterocycles. The first-order valence-corrected chi connectivity index (χ1v) is 6.32. The molecule has 0 fully saturated rings. The zero-order valence-corrected chi connectivity index (χ0v) is 11.4. The Morgan fingerprint density at radius 2 is 2.00 bits per heavy atom. The van der Waals surface area contributed by atoms with Gasteiger partial charge in [-0.05, 0) is 37.3 Å². The van der Waals surface area contributed by atoms with E-state index < -0.39 is 5.82 Å². The monoisotopic (exact) mass is 290 g/mol. The Morgan fingerprint density at radius 1 is 1.24 bits per heavy atom. The van der Waals surface area contributed by atoms with Gasteiger partial charge in [-0.15, -0.1) is 0 Å². The normalized spacial score (nSPS) is 11.2. The van der Waals surface area contributed by atoms with Crippen LogP contribution in [0.5, 0.6) is 17.2 Å². The van der Waals surface area contributed by atoms with E-state index in [1.165, 1.54) is 12.1 Å². The van der Waals surface area contributed by atoms with Crippen LogP contribution in [0.15, 0.2) is 47.6 Å². The quantitative estimate of drug-likeness (QED) is 0.384. The molecule has 0 aliphatic carbocycles. The molecule has 0 aliphatic rings. The maximum atomic E-state index is 13.3. The fourth-order valence-electron chi connectivity index (χ4n) is 1.77. The molecule has 2 aromatic carbocycles. The van der Waals surface area contributed by atoms with Crippen molar-refractivity contribution in [2.45, 2.75) is 6.92 Å². The fourth-order valence-corrected chi connectivity index (χ4v) is 1.77. The lowest BCUT2D eigenvalue weighted by Gasteiger charge is -2.11. The molecule has 0 heterocycles. The van der Waals surface area contributed by atoms with Gasteiger partial charge >= 0.3 is 0 Å². The summed E-state index contributed by atoms with van der Waals surface area (Å²) in [5, 5.41) is 11.6. The highest BCUT2D eigenvalue weighted by Gasteiger charge is 2.11. The molecular formula is C15H15FN2O3. The minimum Gasteiger partial charge on any atom is -0.494 e. The summed E-state index contributed by atoms with van der Waals surface area (Å²) in [5.74, 6) is 0.694. The zero-order chi connectivity index (χ0) is 15.2. The Kier molecular flexibility index (Phi) is 4.61. The fraction of sp³-hybridized carbons (Fsp3) is 0.133. The van der Waals surface area contributed by atoms with Crippen molar-refractivity contribution in [1.29, 1.82) is 0 Å². The van der Waals surface area contributed by atoms with Crippen LogP contribution in [-0.2, 0) is 0 Å². The first-order valence-electron chi connectivity index (χ1n) is 6.32. The van der Waals surface area contributed by atoms with Gasteiger partial charge in [0, 0.05) is 6.07 Å². The number of amidine groups is 1. The molecule has 0 bridgehead atoms. The maximum absolute atomic E-state index is 13.3. The highest BCUT2D eigenvalue weighted by atomic mass is 19.1. The van der Waals surface area contributed by atoms with Gasteiger partial charge in [-0.3, -0.25) is 0 Å². The third kappa shape index (κ3) is 3.62. The Morgan fingerprint density at radius 3 is 2.71 bits per heavy atom. The van der Waals surface area contributed by atoms with Gasteiger partial charge < -0.3 is 20.4 Å². The van der Waals surface area contributed by atoms with E-state index in [0.29, 0.717) is 18.1 Å². The lowest BCUT2D eigenvalue weighted by molar-refractivity contribution is 0.318. The predicted octanol–water partition coefficient (Wildman–Crippen LogP) is 3.11. The van der Waals surface area contributed by atoms with E-state index in [0.717, 1.165) is 6.07 Å².